The van der Waals surface area contributed by atoms with Gasteiger partial charge in [0.1, 0.15) is 22.3 Å². The summed E-state index contributed by atoms with van der Waals surface area (Å²) < 4.78 is 15.6. The van der Waals surface area contributed by atoms with Crippen LogP contribution in [0.15, 0.2) is 52.9 Å². The molecule has 0 spiro atoms. The highest BCUT2D eigenvalue weighted by molar-refractivity contribution is 7.91. The molecule has 0 fully saturated rings. The summed E-state index contributed by atoms with van der Waals surface area (Å²) in [7, 11) is 0. The van der Waals surface area contributed by atoms with Crippen LogP contribution in [0.25, 0.3) is 11.3 Å². The second-order valence-electron chi connectivity index (χ2n) is 5.41. The maximum atomic E-state index is 11.9. The SMILES string of the molecule is CC(C)(C)[S+]([O-])N=Cc1cccc(-c2ccccc2)n1. The molecule has 0 saturated carbocycles. The molecule has 0 bridgehead atoms. The summed E-state index contributed by atoms with van der Waals surface area (Å²) >= 11 is -1.26. The molecule has 1 atom stereocenters. The average Bonchev–Trinajstić information content (AvgIpc) is 2.45. The van der Waals surface area contributed by atoms with Gasteiger partial charge in [-0.05, 0) is 32.9 Å². The molecule has 3 nitrogen and oxygen atoms in total. The first-order valence-corrected chi connectivity index (χ1v) is 7.56. The molecule has 1 aromatic carbocycles. The Morgan fingerprint density at radius 1 is 1.05 bits per heavy atom. The minimum atomic E-state index is -1.26. The fraction of sp³-hybridized carbons (Fsp3) is 0.250. The number of aromatic nitrogens is 1. The molecule has 0 aliphatic heterocycles. The van der Waals surface area contributed by atoms with Crippen LogP contribution in [0.5, 0.6) is 0 Å². The number of hydrogen-bond donors (Lipinski definition) is 0. The standard InChI is InChI=1S/C16H18N2OS/c1-16(2,3)20(19)17-12-14-10-7-11-15(18-14)13-8-5-4-6-9-13/h4-12H,1-3H3. The van der Waals surface area contributed by atoms with Gasteiger partial charge in [-0.3, -0.25) is 0 Å². The van der Waals surface area contributed by atoms with Crippen molar-refractivity contribution in [2.24, 2.45) is 4.40 Å². The van der Waals surface area contributed by atoms with Crippen molar-refractivity contribution in [2.45, 2.75) is 25.5 Å². The van der Waals surface area contributed by atoms with E-state index >= 15 is 0 Å². The van der Waals surface area contributed by atoms with Gasteiger partial charge in [-0.1, -0.05) is 40.8 Å². The number of pyridine rings is 1. The van der Waals surface area contributed by atoms with Crippen molar-refractivity contribution in [3.8, 4) is 11.3 Å². The van der Waals surface area contributed by atoms with Gasteiger partial charge in [-0.2, -0.15) is 0 Å². The zero-order valence-corrected chi connectivity index (χ0v) is 12.7. The highest BCUT2D eigenvalue weighted by Gasteiger charge is 2.25. The molecule has 1 heterocycles. The highest BCUT2D eigenvalue weighted by atomic mass is 32.2. The van der Waals surface area contributed by atoms with E-state index in [2.05, 4.69) is 9.38 Å². The number of benzene rings is 1. The Morgan fingerprint density at radius 3 is 2.40 bits per heavy atom. The Hall–Kier alpha value is -1.65. The van der Waals surface area contributed by atoms with Crippen molar-refractivity contribution in [3.63, 3.8) is 0 Å². The molecule has 1 unspecified atom stereocenters. The second kappa shape index (κ2) is 6.20. The van der Waals surface area contributed by atoms with Crippen LogP contribution in [0.1, 0.15) is 26.5 Å². The molecule has 104 valence electrons. The maximum Gasteiger partial charge on any atom is 0.144 e. The Bertz CT molecular complexity index is 591. The van der Waals surface area contributed by atoms with Gasteiger partial charge in [-0.25, -0.2) is 4.98 Å². The van der Waals surface area contributed by atoms with Crippen molar-refractivity contribution in [3.05, 3.63) is 54.2 Å². The highest BCUT2D eigenvalue weighted by Crippen LogP contribution is 2.18. The van der Waals surface area contributed by atoms with Crippen molar-refractivity contribution in [1.29, 1.82) is 0 Å². The van der Waals surface area contributed by atoms with Gasteiger partial charge >= 0.3 is 0 Å². The number of nitrogens with zero attached hydrogens (tertiary/aromatic N) is 2. The Kier molecular flexibility index (Phi) is 4.57. The van der Waals surface area contributed by atoms with Gasteiger partial charge in [0.25, 0.3) is 0 Å². The van der Waals surface area contributed by atoms with Crippen molar-refractivity contribution < 1.29 is 4.55 Å². The van der Waals surface area contributed by atoms with Crippen LogP contribution < -0.4 is 0 Å². The molecule has 20 heavy (non-hydrogen) atoms. The second-order valence-corrected chi connectivity index (χ2v) is 7.34. The first-order chi connectivity index (χ1) is 9.47. The fourth-order valence-electron chi connectivity index (χ4n) is 1.55. The van der Waals surface area contributed by atoms with Gasteiger partial charge in [0, 0.05) is 5.56 Å². The number of hydrogen-bond acceptors (Lipinski definition) is 3. The molecule has 0 saturated heterocycles. The third-order valence-corrected chi connectivity index (χ3v) is 3.99. The van der Waals surface area contributed by atoms with Crippen LogP contribution in [-0.4, -0.2) is 20.5 Å². The molecule has 1 aromatic heterocycles. The normalized spacial score (nSPS) is 13.6. The first-order valence-electron chi connectivity index (χ1n) is 6.45. The summed E-state index contributed by atoms with van der Waals surface area (Å²) in [6, 6.07) is 15.7. The van der Waals surface area contributed by atoms with Gasteiger partial charge in [0.15, 0.2) is 0 Å². The van der Waals surface area contributed by atoms with Gasteiger partial charge in [0.05, 0.1) is 11.4 Å². The van der Waals surface area contributed by atoms with Crippen molar-refractivity contribution in [1.82, 2.24) is 4.98 Å². The van der Waals surface area contributed by atoms with E-state index in [1.807, 2.05) is 69.3 Å². The van der Waals surface area contributed by atoms with E-state index < -0.39 is 11.4 Å². The first kappa shape index (κ1) is 14.8. The molecule has 4 heteroatoms. The van der Waals surface area contributed by atoms with Crippen molar-refractivity contribution >= 4 is 17.6 Å². The minimum absolute atomic E-state index is 0.354. The third kappa shape index (κ3) is 3.92. The summed E-state index contributed by atoms with van der Waals surface area (Å²) in [5.41, 5.74) is 2.65. The number of rotatable bonds is 3. The largest absolute Gasteiger partial charge is 0.591 e. The van der Waals surface area contributed by atoms with Crippen LogP contribution in [0.3, 0.4) is 0 Å². The molecule has 2 aromatic rings. The summed E-state index contributed by atoms with van der Waals surface area (Å²) in [6.07, 6.45) is 1.58. The van der Waals surface area contributed by atoms with E-state index in [1.54, 1.807) is 6.21 Å². The Morgan fingerprint density at radius 2 is 1.75 bits per heavy atom. The molecule has 0 aliphatic rings. The van der Waals surface area contributed by atoms with Gasteiger partial charge in [-0.15, -0.1) is 0 Å². The quantitative estimate of drug-likeness (QED) is 0.639. The van der Waals surface area contributed by atoms with E-state index in [0.29, 0.717) is 5.69 Å². The molecule has 0 N–H and O–H groups in total. The summed E-state index contributed by atoms with van der Waals surface area (Å²) in [6.45, 7) is 5.69. The smallest absolute Gasteiger partial charge is 0.144 e. The van der Waals surface area contributed by atoms with Gasteiger partial charge < -0.3 is 4.55 Å². The average molecular weight is 286 g/mol. The lowest BCUT2D eigenvalue weighted by molar-refractivity contribution is 0.562. The van der Waals surface area contributed by atoms with Crippen LogP contribution in [0.2, 0.25) is 0 Å². The minimum Gasteiger partial charge on any atom is -0.591 e. The Balaban J connectivity index is 2.21. The summed E-state index contributed by atoms with van der Waals surface area (Å²) in [5.74, 6) is 0. The lowest BCUT2D eigenvalue weighted by atomic mass is 10.1. The summed E-state index contributed by atoms with van der Waals surface area (Å²) in [4.78, 5) is 4.51. The fourth-order valence-corrected chi connectivity index (χ4v) is 2.07. The van der Waals surface area contributed by atoms with E-state index in [0.717, 1.165) is 11.3 Å². The zero-order valence-electron chi connectivity index (χ0n) is 11.9. The molecule has 2 rings (SSSR count). The van der Waals surface area contributed by atoms with Crippen molar-refractivity contribution in [2.75, 3.05) is 0 Å². The topological polar surface area (TPSA) is 48.3 Å². The van der Waals surface area contributed by atoms with Gasteiger partial charge in [0.2, 0.25) is 0 Å². The monoisotopic (exact) mass is 286 g/mol. The predicted molar refractivity (Wildman–Crippen MR) is 85.2 cm³/mol. The lowest BCUT2D eigenvalue weighted by Gasteiger charge is -2.17. The lowest BCUT2D eigenvalue weighted by Crippen LogP contribution is -2.25. The molecular weight excluding hydrogens is 268 g/mol. The van der Waals surface area contributed by atoms with Crippen LogP contribution in [-0.2, 0) is 11.4 Å². The Labute approximate surface area is 123 Å². The molecule has 0 amide bonds. The van der Waals surface area contributed by atoms with E-state index in [-0.39, 0.29) is 4.75 Å². The van der Waals surface area contributed by atoms with E-state index in [9.17, 15) is 4.55 Å². The maximum absolute atomic E-state index is 11.9. The van der Waals surface area contributed by atoms with E-state index in [1.165, 1.54) is 0 Å². The zero-order chi connectivity index (χ0) is 14.6. The summed E-state index contributed by atoms with van der Waals surface area (Å²) in [5, 5.41) is 0. The molecular formula is C16H18N2OS. The van der Waals surface area contributed by atoms with Crippen LogP contribution >= 0.6 is 0 Å². The predicted octanol–water partition coefficient (Wildman–Crippen LogP) is 3.63. The third-order valence-electron chi connectivity index (χ3n) is 2.64. The molecule has 0 aliphatic carbocycles. The van der Waals surface area contributed by atoms with Crippen LogP contribution in [0.4, 0.5) is 0 Å². The van der Waals surface area contributed by atoms with E-state index in [4.69, 9.17) is 0 Å². The molecule has 0 radical (unpaired) electrons. The van der Waals surface area contributed by atoms with Crippen LogP contribution in [0, 0.1) is 0 Å².